The smallest absolute Gasteiger partial charge is 0.337 e. The van der Waals surface area contributed by atoms with Gasteiger partial charge in [-0.15, -0.1) is 0 Å². The molecule has 1 N–H and O–H groups in total. The number of nitrogens with zero attached hydrogens (tertiary/aromatic N) is 2. The van der Waals surface area contributed by atoms with Crippen LogP contribution in [-0.2, 0) is 16.1 Å². The first-order valence-corrected chi connectivity index (χ1v) is 18.6. The van der Waals surface area contributed by atoms with Crippen molar-refractivity contribution in [3.05, 3.63) is 119 Å². The first-order chi connectivity index (χ1) is 26.0. The fourth-order valence-electron chi connectivity index (χ4n) is 7.71. The quantitative estimate of drug-likeness (QED) is 0.223. The summed E-state index contributed by atoms with van der Waals surface area (Å²) >= 11 is 0. The summed E-state index contributed by atoms with van der Waals surface area (Å²) in [6.45, 7) is 5.28. The SMILES string of the molecule is COC(=O)c1cccc(C2CCCN(C(=O)[C@H]3COc4ccccc4O3)C2)c1.OCc1cccc(C2CCCN(C[C@H]3COc4ccccc4O3)C2)c1. The third-order valence-corrected chi connectivity index (χ3v) is 10.4. The Labute approximate surface area is 311 Å². The first kappa shape index (κ1) is 36.3. The van der Waals surface area contributed by atoms with Gasteiger partial charge in [0.25, 0.3) is 5.91 Å². The molecule has 10 nitrogen and oxygen atoms in total. The molecule has 4 atom stereocenters. The largest absolute Gasteiger partial charge is 0.486 e. The third-order valence-electron chi connectivity index (χ3n) is 10.4. The third kappa shape index (κ3) is 8.95. The van der Waals surface area contributed by atoms with Crippen molar-refractivity contribution in [2.45, 2.75) is 56.3 Å². The van der Waals surface area contributed by atoms with Gasteiger partial charge in [0.1, 0.15) is 19.3 Å². The molecule has 278 valence electrons. The number of para-hydroxylation sites is 4. The van der Waals surface area contributed by atoms with Crippen LogP contribution in [0.3, 0.4) is 0 Å². The Hall–Kier alpha value is -5.06. The van der Waals surface area contributed by atoms with Gasteiger partial charge in [0.2, 0.25) is 6.10 Å². The molecule has 53 heavy (non-hydrogen) atoms. The van der Waals surface area contributed by atoms with Gasteiger partial charge in [0.15, 0.2) is 23.0 Å². The van der Waals surface area contributed by atoms with Gasteiger partial charge >= 0.3 is 5.97 Å². The summed E-state index contributed by atoms with van der Waals surface area (Å²) in [5.74, 6) is 3.27. The van der Waals surface area contributed by atoms with Crippen molar-refractivity contribution in [3.8, 4) is 23.0 Å². The number of aliphatic hydroxyl groups is 1. The van der Waals surface area contributed by atoms with Crippen molar-refractivity contribution in [2.24, 2.45) is 0 Å². The number of piperidine rings is 2. The number of hydrogen-bond acceptors (Lipinski definition) is 9. The zero-order valence-electron chi connectivity index (χ0n) is 30.2. The second kappa shape index (κ2) is 17.2. The topological polar surface area (TPSA) is 107 Å². The fraction of sp³-hybridized carbons (Fsp3) is 0.395. The van der Waals surface area contributed by atoms with E-state index in [1.165, 1.54) is 25.5 Å². The van der Waals surface area contributed by atoms with Gasteiger partial charge in [-0.1, -0.05) is 60.7 Å². The highest BCUT2D eigenvalue weighted by atomic mass is 16.6. The number of aliphatic hydroxyl groups excluding tert-OH is 1. The van der Waals surface area contributed by atoms with Gasteiger partial charge in [0.05, 0.1) is 19.3 Å². The molecule has 0 saturated carbocycles. The van der Waals surface area contributed by atoms with E-state index in [2.05, 4.69) is 23.1 Å². The minimum Gasteiger partial charge on any atom is -0.486 e. The first-order valence-electron chi connectivity index (χ1n) is 18.6. The monoisotopic (exact) mass is 720 g/mol. The molecule has 10 heteroatoms. The number of rotatable bonds is 7. The molecule has 0 aromatic heterocycles. The van der Waals surface area contributed by atoms with E-state index >= 15 is 0 Å². The summed E-state index contributed by atoms with van der Waals surface area (Å²) in [7, 11) is 1.38. The number of methoxy groups -OCH3 is 1. The summed E-state index contributed by atoms with van der Waals surface area (Å²) < 4.78 is 28.3. The fourth-order valence-corrected chi connectivity index (χ4v) is 7.71. The average molecular weight is 721 g/mol. The van der Waals surface area contributed by atoms with Crippen LogP contribution in [0.15, 0.2) is 97.1 Å². The molecular formula is C43H48N2O8. The van der Waals surface area contributed by atoms with Crippen LogP contribution in [0.2, 0.25) is 0 Å². The summed E-state index contributed by atoms with van der Waals surface area (Å²) in [5, 5.41) is 9.37. The van der Waals surface area contributed by atoms with Crippen molar-refractivity contribution in [3.63, 3.8) is 0 Å². The van der Waals surface area contributed by atoms with Crippen molar-refractivity contribution in [1.82, 2.24) is 9.80 Å². The Morgan fingerprint density at radius 1 is 0.736 bits per heavy atom. The molecule has 0 spiro atoms. The molecule has 0 radical (unpaired) electrons. The molecule has 2 saturated heterocycles. The lowest BCUT2D eigenvalue weighted by Crippen LogP contribution is -2.49. The van der Waals surface area contributed by atoms with E-state index in [0.29, 0.717) is 42.7 Å². The van der Waals surface area contributed by atoms with Gasteiger partial charge in [-0.2, -0.15) is 0 Å². The summed E-state index contributed by atoms with van der Waals surface area (Å²) in [6.07, 6.45) is 3.73. The molecular weight excluding hydrogens is 672 g/mol. The molecule has 4 heterocycles. The number of likely N-dealkylation sites (tertiary alicyclic amines) is 2. The van der Waals surface area contributed by atoms with Crippen LogP contribution in [0.5, 0.6) is 23.0 Å². The lowest BCUT2D eigenvalue weighted by Gasteiger charge is -2.36. The highest BCUT2D eigenvalue weighted by Crippen LogP contribution is 2.34. The second-order valence-electron chi connectivity index (χ2n) is 14.1. The van der Waals surface area contributed by atoms with Crippen molar-refractivity contribution < 1.29 is 38.4 Å². The molecule has 8 rings (SSSR count). The van der Waals surface area contributed by atoms with Crippen molar-refractivity contribution >= 4 is 11.9 Å². The average Bonchev–Trinajstić information content (AvgIpc) is 3.23. The maximum Gasteiger partial charge on any atom is 0.337 e. The van der Waals surface area contributed by atoms with Crippen LogP contribution in [0, 0.1) is 0 Å². The lowest BCUT2D eigenvalue weighted by molar-refractivity contribution is -0.142. The minimum atomic E-state index is -0.630. The van der Waals surface area contributed by atoms with E-state index in [0.717, 1.165) is 55.1 Å². The molecule has 4 aromatic rings. The highest BCUT2D eigenvalue weighted by Gasteiger charge is 2.34. The minimum absolute atomic E-state index is 0.0525. The Balaban J connectivity index is 0.000000165. The summed E-state index contributed by atoms with van der Waals surface area (Å²) in [5.41, 5.74) is 3.91. The standard InChI is InChI=1S/C22H23NO5.C21H25NO3/c1-26-22(25)16-7-4-6-15(12-16)17-8-5-11-23(13-17)21(24)20-14-27-18-9-2-3-10-19(18)28-20;23-14-16-5-3-6-17(11-16)18-7-4-10-22(12-18)13-19-15-24-20-8-1-2-9-21(20)25-19/h2-4,6-7,9-10,12,17,20H,5,8,11,13-14H2,1H3;1-3,5-6,8-9,11,18-19,23H,4,7,10,12-15H2/t17?,20-;18?,19-/m10/s1. The van der Waals surface area contributed by atoms with E-state index in [1.54, 1.807) is 6.07 Å². The van der Waals surface area contributed by atoms with Crippen LogP contribution < -0.4 is 18.9 Å². The van der Waals surface area contributed by atoms with Crippen LogP contribution >= 0.6 is 0 Å². The van der Waals surface area contributed by atoms with E-state index in [9.17, 15) is 14.7 Å². The Morgan fingerprint density at radius 3 is 2.11 bits per heavy atom. The van der Waals surface area contributed by atoms with Crippen LogP contribution in [0.25, 0.3) is 0 Å². The Morgan fingerprint density at radius 2 is 1.38 bits per heavy atom. The van der Waals surface area contributed by atoms with Crippen molar-refractivity contribution in [1.29, 1.82) is 0 Å². The molecule has 2 fully saturated rings. The normalized spacial score (nSPS) is 22.2. The van der Waals surface area contributed by atoms with Crippen LogP contribution in [-0.4, -0.2) is 92.0 Å². The Bertz CT molecular complexity index is 1870. The maximum atomic E-state index is 13.0. The second-order valence-corrected chi connectivity index (χ2v) is 14.1. The molecule has 2 unspecified atom stereocenters. The number of carbonyl (C=O) groups excluding carboxylic acids is 2. The number of benzene rings is 4. The summed E-state index contributed by atoms with van der Waals surface area (Å²) in [6, 6.07) is 31.1. The van der Waals surface area contributed by atoms with Gasteiger partial charge in [-0.05, 0) is 91.2 Å². The van der Waals surface area contributed by atoms with Gasteiger partial charge < -0.3 is 33.7 Å². The van der Waals surface area contributed by atoms with Crippen LogP contribution in [0.1, 0.15) is 64.6 Å². The predicted octanol–water partition coefficient (Wildman–Crippen LogP) is 6.22. The molecule has 4 aliphatic rings. The number of hydrogen-bond donors (Lipinski definition) is 1. The lowest BCUT2D eigenvalue weighted by atomic mass is 9.89. The van der Waals surface area contributed by atoms with E-state index in [1.807, 2.05) is 77.7 Å². The Kier molecular flexibility index (Phi) is 11.8. The van der Waals surface area contributed by atoms with Crippen LogP contribution in [0.4, 0.5) is 0 Å². The zero-order valence-corrected chi connectivity index (χ0v) is 30.2. The molecule has 4 aliphatic heterocycles. The van der Waals surface area contributed by atoms with Gasteiger partial charge in [0, 0.05) is 32.1 Å². The molecule has 0 bridgehead atoms. The number of esters is 1. The molecule has 1 amide bonds. The molecule has 4 aromatic carbocycles. The predicted molar refractivity (Wildman–Crippen MR) is 200 cm³/mol. The number of fused-ring (bicyclic) bond motifs is 2. The number of carbonyl (C=O) groups is 2. The highest BCUT2D eigenvalue weighted by molar-refractivity contribution is 5.89. The zero-order chi connectivity index (χ0) is 36.6. The maximum absolute atomic E-state index is 13.0. The van der Waals surface area contributed by atoms with E-state index < -0.39 is 6.10 Å². The van der Waals surface area contributed by atoms with Crippen molar-refractivity contribution in [2.75, 3.05) is 53.0 Å². The van der Waals surface area contributed by atoms with E-state index in [4.69, 9.17) is 23.7 Å². The van der Waals surface area contributed by atoms with Gasteiger partial charge in [-0.3, -0.25) is 9.69 Å². The number of amides is 1. The van der Waals surface area contributed by atoms with E-state index in [-0.39, 0.29) is 37.1 Å². The number of ether oxygens (including phenoxy) is 5. The van der Waals surface area contributed by atoms with Gasteiger partial charge in [-0.25, -0.2) is 4.79 Å². The summed E-state index contributed by atoms with van der Waals surface area (Å²) in [4.78, 5) is 29.2. The molecule has 0 aliphatic carbocycles.